The molecular formula is C60H42N4. The van der Waals surface area contributed by atoms with Crippen molar-refractivity contribution in [2.24, 2.45) is 0 Å². The summed E-state index contributed by atoms with van der Waals surface area (Å²) in [5, 5.41) is 2.47. The normalized spacial score (nSPS) is 12.9. The van der Waals surface area contributed by atoms with E-state index in [4.69, 9.17) is 9.97 Å². The van der Waals surface area contributed by atoms with Crippen LogP contribution in [-0.4, -0.2) is 14.5 Å². The van der Waals surface area contributed by atoms with Crippen LogP contribution in [0.3, 0.4) is 0 Å². The molecule has 1 aliphatic heterocycles. The van der Waals surface area contributed by atoms with Crippen LogP contribution in [-0.2, 0) is 5.41 Å². The lowest BCUT2D eigenvalue weighted by molar-refractivity contribution is 0.729. The fourth-order valence-electron chi connectivity index (χ4n) is 10.0. The van der Waals surface area contributed by atoms with Crippen molar-refractivity contribution >= 4 is 39.1 Å². The Morgan fingerprint density at radius 3 is 1.55 bits per heavy atom. The average molecular weight is 819 g/mol. The van der Waals surface area contributed by atoms with Gasteiger partial charge in [0, 0.05) is 27.6 Å². The third-order valence-corrected chi connectivity index (χ3v) is 13.0. The standard InChI is InChI=1S/C60H42N4/c1-41-32-35-48(36-33-41)63-55-29-14-11-26-49(55)50-39-45(34-37-56(50)63)44-22-17-25-47(38-44)60(46-23-9-4-10-24-46)51-27-12-15-30-57(51)64(58-31-16-13-28-52(58)60)59-61-53(42-18-5-2-6-19-42)40-54(62-59)43-20-7-3-8-21-43/h2-40H,1H3. The van der Waals surface area contributed by atoms with Crippen molar-refractivity contribution in [3.8, 4) is 39.3 Å². The second-order valence-corrected chi connectivity index (χ2v) is 16.7. The average Bonchev–Trinajstić information content (AvgIpc) is 3.70. The van der Waals surface area contributed by atoms with Gasteiger partial charge in [-0.25, -0.2) is 9.97 Å². The number of hydrogen-bond donors (Lipinski definition) is 0. The first-order valence-corrected chi connectivity index (χ1v) is 21.9. The highest BCUT2D eigenvalue weighted by Crippen LogP contribution is 2.57. The molecule has 0 saturated heterocycles. The predicted octanol–water partition coefficient (Wildman–Crippen LogP) is 15.0. The van der Waals surface area contributed by atoms with Gasteiger partial charge in [0.05, 0.1) is 39.2 Å². The fraction of sp³-hybridized carbons (Fsp3) is 0.0333. The number of para-hydroxylation sites is 3. The molecule has 0 N–H and O–H groups in total. The highest BCUT2D eigenvalue weighted by molar-refractivity contribution is 6.10. The fourth-order valence-corrected chi connectivity index (χ4v) is 10.0. The van der Waals surface area contributed by atoms with Crippen LogP contribution < -0.4 is 4.90 Å². The molecule has 0 aliphatic carbocycles. The largest absolute Gasteiger partial charge is 0.309 e. The maximum atomic E-state index is 5.38. The van der Waals surface area contributed by atoms with E-state index in [9.17, 15) is 0 Å². The van der Waals surface area contributed by atoms with Crippen LogP contribution in [0, 0.1) is 6.92 Å². The molecule has 302 valence electrons. The first-order valence-electron chi connectivity index (χ1n) is 21.9. The topological polar surface area (TPSA) is 34.0 Å². The number of nitrogens with zero attached hydrogens (tertiary/aromatic N) is 4. The molecule has 0 saturated carbocycles. The van der Waals surface area contributed by atoms with E-state index in [2.05, 4.69) is 241 Å². The molecule has 3 heterocycles. The van der Waals surface area contributed by atoms with Gasteiger partial charge in [-0.1, -0.05) is 188 Å². The Kier molecular flexibility index (Phi) is 8.91. The van der Waals surface area contributed by atoms with E-state index in [-0.39, 0.29) is 0 Å². The quantitative estimate of drug-likeness (QED) is 0.161. The summed E-state index contributed by atoms with van der Waals surface area (Å²) in [6.45, 7) is 2.14. The van der Waals surface area contributed by atoms with Gasteiger partial charge >= 0.3 is 0 Å². The molecule has 1 aliphatic rings. The number of benzene rings is 9. The molecule has 0 spiro atoms. The van der Waals surface area contributed by atoms with E-state index in [0.29, 0.717) is 5.95 Å². The summed E-state index contributed by atoms with van der Waals surface area (Å²) >= 11 is 0. The van der Waals surface area contributed by atoms with Gasteiger partial charge in [0.2, 0.25) is 5.95 Å². The number of rotatable bonds is 7. The van der Waals surface area contributed by atoms with Crippen LogP contribution in [0.4, 0.5) is 17.3 Å². The molecule has 12 rings (SSSR count). The lowest BCUT2D eigenvalue weighted by Gasteiger charge is -2.46. The van der Waals surface area contributed by atoms with Crippen molar-refractivity contribution < 1.29 is 0 Å². The lowest BCUT2D eigenvalue weighted by Crippen LogP contribution is -2.38. The second-order valence-electron chi connectivity index (χ2n) is 16.7. The zero-order valence-corrected chi connectivity index (χ0v) is 35.3. The van der Waals surface area contributed by atoms with Crippen molar-refractivity contribution in [2.45, 2.75) is 12.3 Å². The Morgan fingerprint density at radius 1 is 0.375 bits per heavy atom. The van der Waals surface area contributed by atoms with Crippen LogP contribution in [0.2, 0.25) is 0 Å². The minimum absolute atomic E-state index is 0.619. The molecule has 0 bridgehead atoms. The predicted molar refractivity (Wildman–Crippen MR) is 264 cm³/mol. The van der Waals surface area contributed by atoms with Gasteiger partial charge in [-0.2, -0.15) is 0 Å². The molecule has 2 aromatic heterocycles. The maximum Gasteiger partial charge on any atom is 0.235 e. The number of anilines is 3. The molecular weight excluding hydrogens is 777 g/mol. The third-order valence-electron chi connectivity index (χ3n) is 13.0. The van der Waals surface area contributed by atoms with E-state index < -0.39 is 5.41 Å². The van der Waals surface area contributed by atoms with Crippen molar-refractivity contribution in [1.82, 2.24) is 14.5 Å². The van der Waals surface area contributed by atoms with Gasteiger partial charge in [0.1, 0.15) is 0 Å². The Bertz CT molecular complexity index is 3400. The molecule has 4 heteroatoms. The summed E-state index contributed by atoms with van der Waals surface area (Å²) < 4.78 is 2.39. The number of aryl methyl sites for hydroxylation is 1. The molecule has 64 heavy (non-hydrogen) atoms. The highest BCUT2D eigenvalue weighted by Gasteiger charge is 2.47. The Hall–Kier alpha value is -8.34. The van der Waals surface area contributed by atoms with Crippen molar-refractivity contribution in [3.05, 3.63) is 264 Å². The van der Waals surface area contributed by atoms with E-state index >= 15 is 0 Å². The van der Waals surface area contributed by atoms with Crippen molar-refractivity contribution in [3.63, 3.8) is 0 Å². The summed E-state index contributed by atoms with van der Waals surface area (Å²) in [4.78, 5) is 13.0. The van der Waals surface area contributed by atoms with Crippen LogP contribution in [0.5, 0.6) is 0 Å². The van der Waals surface area contributed by atoms with Crippen LogP contribution in [0.15, 0.2) is 237 Å². The molecule has 11 aromatic rings. The van der Waals surface area contributed by atoms with Crippen LogP contribution in [0.1, 0.15) is 27.8 Å². The maximum absolute atomic E-state index is 5.38. The minimum Gasteiger partial charge on any atom is -0.309 e. The summed E-state index contributed by atoms with van der Waals surface area (Å²) in [6, 6.07) is 85.3. The molecule has 0 radical (unpaired) electrons. The monoisotopic (exact) mass is 818 g/mol. The van der Waals surface area contributed by atoms with E-state index in [1.165, 1.54) is 44.1 Å². The smallest absolute Gasteiger partial charge is 0.235 e. The van der Waals surface area contributed by atoms with Crippen molar-refractivity contribution in [1.29, 1.82) is 0 Å². The van der Waals surface area contributed by atoms with Crippen LogP contribution in [0.25, 0.3) is 61.1 Å². The van der Waals surface area contributed by atoms with Gasteiger partial charge in [0.15, 0.2) is 0 Å². The van der Waals surface area contributed by atoms with Crippen molar-refractivity contribution in [2.75, 3.05) is 4.90 Å². The molecule has 0 atom stereocenters. The van der Waals surface area contributed by atoms with Crippen LogP contribution >= 0.6 is 0 Å². The second kappa shape index (κ2) is 15.2. The zero-order chi connectivity index (χ0) is 42.6. The lowest BCUT2D eigenvalue weighted by atomic mass is 9.62. The van der Waals surface area contributed by atoms with E-state index in [0.717, 1.165) is 56.3 Å². The summed E-state index contributed by atoms with van der Waals surface area (Å²) in [5.41, 5.74) is 17.0. The summed E-state index contributed by atoms with van der Waals surface area (Å²) in [6.07, 6.45) is 0. The molecule has 9 aromatic carbocycles. The van der Waals surface area contributed by atoms with Gasteiger partial charge in [0.25, 0.3) is 0 Å². The minimum atomic E-state index is -0.689. The Morgan fingerprint density at radius 2 is 0.891 bits per heavy atom. The summed E-state index contributed by atoms with van der Waals surface area (Å²) in [5.74, 6) is 0.619. The third kappa shape index (κ3) is 5.99. The van der Waals surface area contributed by atoms with Gasteiger partial charge in [-0.15, -0.1) is 0 Å². The number of fused-ring (bicyclic) bond motifs is 5. The number of aromatic nitrogens is 3. The summed E-state index contributed by atoms with van der Waals surface area (Å²) in [7, 11) is 0. The molecule has 0 unspecified atom stereocenters. The first kappa shape index (κ1) is 37.4. The zero-order valence-electron chi connectivity index (χ0n) is 35.3. The molecule has 0 amide bonds. The van der Waals surface area contributed by atoms with Gasteiger partial charge in [-0.05, 0) is 94.9 Å². The first-order chi connectivity index (χ1) is 31.6. The van der Waals surface area contributed by atoms with E-state index in [1.807, 2.05) is 12.1 Å². The van der Waals surface area contributed by atoms with Gasteiger partial charge in [-0.3, -0.25) is 4.90 Å². The Labute approximate surface area is 373 Å². The molecule has 4 nitrogen and oxygen atoms in total. The van der Waals surface area contributed by atoms with Gasteiger partial charge < -0.3 is 4.57 Å². The van der Waals surface area contributed by atoms with E-state index in [1.54, 1.807) is 0 Å². The SMILES string of the molecule is Cc1ccc(-n2c3ccccc3c3cc(-c4cccc(C5(c6ccccc6)c6ccccc6N(c6nc(-c7ccccc7)cc(-c7ccccc7)n6)c6ccccc65)c4)ccc32)cc1. The highest BCUT2D eigenvalue weighted by atomic mass is 15.3. The molecule has 0 fully saturated rings. The number of hydrogen-bond acceptors (Lipinski definition) is 3. The Balaban J connectivity index is 1.08.